The van der Waals surface area contributed by atoms with Crippen LogP contribution < -0.4 is 21.7 Å². The molecule has 0 spiro atoms. The second-order valence-electron chi connectivity index (χ2n) is 8.98. The van der Waals surface area contributed by atoms with Crippen molar-refractivity contribution in [1.29, 1.82) is 0 Å². The minimum atomic E-state index is -1.44. The highest BCUT2D eigenvalue weighted by Gasteiger charge is 2.32. The molecule has 12 nitrogen and oxygen atoms in total. The number of H-pyrrole nitrogens is 1. The van der Waals surface area contributed by atoms with Gasteiger partial charge < -0.3 is 36.9 Å². The van der Waals surface area contributed by atoms with Crippen molar-refractivity contribution in [2.75, 3.05) is 0 Å². The lowest BCUT2D eigenvalue weighted by Gasteiger charge is -2.27. The SMILES string of the molecule is CC(N)C(=O)NC(Cc1c[nH]c2ccccc12)C(=O)NC(C(=O)NC(CCC(=O)O)C(=O)O)C(C)C. The van der Waals surface area contributed by atoms with E-state index in [1.807, 2.05) is 24.3 Å². The molecule has 3 amide bonds. The summed E-state index contributed by atoms with van der Waals surface area (Å²) in [5, 5.41) is 26.6. The number of carbonyl (C=O) groups excluding carboxylic acids is 3. The quantitative estimate of drug-likeness (QED) is 0.199. The second-order valence-corrected chi connectivity index (χ2v) is 8.98. The summed E-state index contributed by atoms with van der Waals surface area (Å²) in [7, 11) is 0. The molecule has 1 aromatic carbocycles. The molecule has 2 aromatic rings. The number of rotatable bonds is 13. The summed E-state index contributed by atoms with van der Waals surface area (Å²) >= 11 is 0. The molecule has 196 valence electrons. The first-order chi connectivity index (χ1) is 16.9. The van der Waals surface area contributed by atoms with Gasteiger partial charge in [-0.15, -0.1) is 0 Å². The minimum absolute atomic E-state index is 0.108. The van der Waals surface area contributed by atoms with E-state index >= 15 is 0 Å². The Hall–Kier alpha value is -3.93. The topological polar surface area (TPSA) is 204 Å². The van der Waals surface area contributed by atoms with Gasteiger partial charge in [-0.1, -0.05) is 32.0 Å². The number of aromatic amines is 1. The third-order valence-electron chi connectivity index (χ3n) is 5.65. The maximum Gasteiger partial charge on any atom is 0.326 e. The smallest absolute Gasteiger partial charge is 0.326 e. The number of aliphatic carboxylic acids is 2. The lowest BCUT2D eigenvalue weighted by molar-refractivity contribution is -0.143. The Balaban J connectivity index is 2.23. The molecule has 2 rings (SSSR count). The average molecular weight is 504 g/mol. The molecule has 36 heavy (non-hydrogen) atoms. The standard InChI is InChI=1S/C24H33N5O7/c1-12(2)20(23(34)27-17(24(35)36)8-9-19(30)31)29-22(33)18(28-21(32)13(3)25)10-14-11-26-16-7-5-4-6-15(14)16/h4-7,11-13,17-18,20,26H,8-10,25H2,1-3H3,(H,27,34)(H,28,32)(H,29,33)(H,30,31)(H,35,36). The van der Waals surface area contributed by atoms with Crippen LogP contribution in [-0.4, -0.2) is 69.0 Å². The summed E-state index contributed by atoms with van der Waals surface area (Å²) < 4.78 is 0. The van der Waals surface area contributed by atoms with Crippen LogP contribution >= 0.6 is 0 Å². The monoisotopic (exact) mass is 503 g/mol. The number of nitrogens with one attached hydrogen (secondary N) is 4. The number of carboxylic acid groups (broad SMARTS) is 2. The molecule has 0 radical (unpaired) electrons. The van der Waals surface area contributed by atoms with Gasteiger partial charge >= 0.3 is 11.9 Å². The van der Waals surface area contributed by atoms with Crippen LogP contribution in [0.1, 0.15) is 39.2 Å². The molecule has 0 saturated heterocycles. The molecule has 4 unspecified atom stereocenters. The highest BCUT2D eigenvalue weighted by Crippen LogP contribution is 2.19. The molecule has 0 aliphatic rings. The maximum atomic E-state index is 13.3. The van der Waals surface area contributed by atoms with Gasteiger partial charge in [0.15, 0.2) is 0 Å². The zero-order chi connectivity index (χ0) is 27.0. The van der Waals surface area contributed by atoms with Crippen molar-refractivity contribution < 1.29 is 34.2 Å². The Morgan fingerprint density at radius 3 is 2.14 bits per heavy atom. The molecule has 1 aromatic heterocycles. The number of fused-ring (bicyclic) bond motifs is 1. The van der Waals surface area contributed by atoms with E-state index in [0.29, 0.717) is 0 Å². The van der Waals surface area contributed by atoms with Crippen molar-refractivity contribution in [3.05, 3.63) is 36.0 Å². The zero-order valence-electron chi connectivity index (χ0n) is 20.4. The van der Waals surface area contributed by atoms with Crippen LogP contribution in [0.25, 0.3) is 10.9 Å². The Morgan fingerprint density at radius 1 is 0.917 bits per heavy atom. The summed E-state index contributed by atoms with van der Waals surface area (Å²) in [6.07, 6.45) is 1.07. The van der Waals surface area contributed by atoms with Crippen molar-refractivity contribution in [1.82, 2.24) is 20.9 Å². The first kappa shape index (κ1) is 28.3. The normalized spacial score (nSPS) is 14.5. The van der Waals surface area contributed by atoms with Gasteiger partial charge in [0.05, 0.1) is 6.04 Å². The van der Waals surface area contributed by atoms with E-state index in [0.717, 1.165) is 16.5 Å². The summed E-state index contributed by atoms with van der Waals surface area (Å²) in [5.74, 6) is -5.02. The van der Waals surface area contributed by atoms with Crippen LogP contribution in [0.4, 0.5) is 0 Å². The van der Waals surface area contributed by atoms with E-state index in [1.165, 1.54) is 6.92 Å². The summed E-state index contributed by atoms with van der Waals surface area (Å²) in [6.45, 7) is 4.79. The third kappa shape index (κ3) is 7.80. The fourth-order valence-electron chi connectivity index (χ4n) is 3.61. The lowest BCUT2D eigenvalue weighted by atomic mass is 10.00. The number of aromatic nitrogens is 1. The van der Waals surface area contributed by atoms with Gasteiger partial charge in [0, 0.05) is 29.9 Å². The number of nitrogens with two attached hydrogens (primary N) is 1. The van der Waals surface area contributed by atoms with Gasteiger partial charge in [0.25, 0.3) is 0 Å². The molecule has 0 saturated carbocycles. The van der Waals surface area contributed by atoms with E-state index in [2.05, 4.69) is 20.9 Å². The van der Waals surface area contributed by atoms with E-state index in [4.69, 9.17) is 10.8 Å². The number of hydrogen-bond acceptors (Lipinski definition) is 6. The number of amides is 3. The van der Waals surface area contributed by atoms with Crippen molar-refractivity contribution >= 4 is 40.6 Å². The van der Waals surface area contributed by atoms with E-state index in [9.17, 15) is 29.1 Å². The second kappa shape index (κ2) is 12.7. The fourth-order valence-corrected chi connectivity index (χ4v) is 3.61. The number of hydrogen-bond donors (Lipinski definition) is 7. The number of carboxylic acids is 2. The Kier molecular flexibility index (Phi) is 9.97. The third-order valence-corrected chi connectivity index (χ3v) is 5.65. The minimum Gasteiger partial charge on any atom is -0.481 e. The molecule has 8 N–H and O–H groups in total. The number of benzene rings is 1. The lowest BCUT2D eigenvalue weighted by Crippen LogP contribution is -2.58. The molecule has 0 aliphatic carbocycles. The predicted molar refractivity (Wildman–Crippen MR) is 131 cm³/mol. The molecule has 0 aliphatic heterocycles. The summed E-state index contributed by atoms with van der Waals surface area (Å²) in [5.41, 5.74) is 7.28. The van der Waals surface area contributed by atoms with Crippen molar-refractivity contribution in [3.8, 4) is 0 Å². The van der Waals surface area contributed by atoms with Crippen LogP contribution in [0.5, 0.6) is 0 Å². The van der Waals surface area contributed by atoms with E-state index in [-0.39, 0.29) is 12.8 Å². The van der Waals surface area contributed by atoms with Gasteiger partial charge in [-0.3, -0.25) is 19.2 Å². The first-order valence-corrected chi connectivity index (χ1v) is 11.6. The van der Waals surface area contributed by atoms with Crippen LogP contribution in [-0.2, 0) is 30.4 Å². The number of para-hydroxylation sites is 1. The average Bonchev–Trinajstić information content (AvgIpc) is 3.21. The first-order valence-electron chi connectivity index (χ1n) is 11.6. The molecule has 0 fully saturated rings. The largest absolute Gasteiger partial charge is 0.481 e. The number of carbonyl (C=O) groups is 5. The van der Waals surface area contributed by atoms with E-state index in [1.54, 1.807) is 20.0 Å². The van der Waals surface area contributed by atoms with Crippen molar-refractivity contribution in [2.24, 2.45) is 11.7 Å². The molecule has 4 atom stereocenters. The molecular formula is C24H33N5O7. The van der Waals surface area contributed by atoms with Crippen LogP contribution in [0, 0.1) is 5.92 Å². The Bertz CT molecular complexity index is 1110. The zero-order valence-corrected chi connectivity index (χ0v) is 20.4. The Morgan fingerprint density at radius 2 is 1.56 bits per heavy atom. The summed E-state index contributed by atoms with van der Waals surface area (Å²) in [4.78, 5) is 63.9. The van der Waals surface area contributed by atoms with Crippen LogP contribution in [0.15, 0.2) is 30.5 Å². The molecule has 0 bridgehead atoms. The van der Waals surface area contributed by atoms with Gasteiger partial charge in [0.1, 0.15) is 18.1 Å². The fraction of sp³-hybridized carbons (Fsp3) is 0.458. The highest BCUT2D eigenvalue weighted by molar-refractivity contribution is 5.95. The van der Waals surface area contributed by atoms with E-state index < -0.39 is 66.2 Å². The predicted octanol–water partition coefficient (Wildman–Crippen LogP) is 0.117. The molecule has 12 heteroatoms. The van der Waals surface area contributed by atoms with Crippen molar-refractivity contribution in [2.45, 2.75) is 64.2 Å². The van der Waals surface area contributed by atoms with Crippen LogP contribution in [0.2, 0.25) is 0 Å². The van der Waals surface area contributed by atoms with Gasteiger partial charge in [-0.25, -0.2) is 4.79 Å². The Labute approximate surface area is 208 Å². The van der Waals surface area contributed by atoms with Gasteiger partial charge in [0.2, 0.25) is 17.7 Å². The molecular weight excluding hydrogens is 470 g/mol. The van der Waals surface area contributed by atoms with Gasteiger partial charge in [-0.05, 0) is 30.9 Å². The summed E-state index contributed by atoms with van der Waals surface area (Å²) in [6, 6.07) is 2.92. The van der Waals surface area contributed by atoms with Gasteiger partial charge in [-0.2, -0.15) is 0 Å². The van der Waals surface area contributed by atoms with Crippen LogP contribution in [0.3, 0.4) is 0 Å². The van der Waals surface area contributed by atoms with Crippen molar-refractivity contribution in [3.63, 3.8) is 0 Å². The maximum absolute atomic E-state index is 13.3. The highest BCUT2D eigenvalue weighted by atomic mass is 16.4. The molecule has 1 heterocycles.